The smallest absolute Gasteiger partial charge is 0.161 e. The van der Waals surface area contributed by atoms with Crippen molar-refractivity contribution in [2.24, 2.45) is 5.10 Å². The van der Waals surface area contributed by atoms with Crippen molar-refractivity contribution in [3.05, 3.63) is 40.0 Å². The van der Waals surface area contributed by atoms with E-state index in [0.717, 1.165) is 46.7 Å². The third-order valence-electron chi connectivity index (χ3n) is 4.84. The second-order valence-electron chi connectivity index (χ2n) is 6.76. The van der Waals surface area contributed by atoms with Crippen molar-refractivity contribution in [1.82, 2.24) is 9.97 Å². The van der Waals surface area contributed by atoms with Gasteiger partial charge in [0.05, 0.1) is 18.2 Å². The summed E-state index contributed by atoms with van der Waals surface area (Å²) in [6.45, 7) is 4.44. The lowest BCUT2D eigenvalue weighted by Crippen LogP contribution is -2.03. The maximum Gasteiger partial charge on any atom is 0.161 e. The van der Waals surface area contributed by atoms with Crippen molar-refractivity contribution in [2.75, 3.05) is 12.0 Å². The molecule has 146 valence electrons. The van der Waals surface area contributed by atoms with Crippen LogP contribution in [0.1, 0.15) is 48.5 Å². The molecule has 4 rings (SSSR count). The van der Waals surface area contributed by atoms with Gasteiger partial charge in [-0.2, -0.15) is 5.10 Å². The highest BCUT2D eigenvalue weighted by Gasteiger charge is 2.20. The molecule has 2 aromatic heterocycles. The van der Waals surface area contributed by atoms with Crippen LogP contribution in [0.2, 0.25) is 0 Å². The van der Waals surface area contributed by atoms with E-state index in [4.69, 9.17) is 14.7 Å². The zero-order valence-corrected chi connectivity index (χ0v) is 17.0. The van der Waals surface area contributed by atoms with E-state index in [0.29, 0.717) is 12.4 Å². The zero-order valence-electron chi connectivity index (χ0n) is 16.2. The normalized spacial score (nSPS) is 13.8. The predicted octanol–water partition coefficient (Wildman–Crippen LogP) is 4.68. The van der Waals surface area contributed by atoms with E-state index in [1.807, 2.05) is 6.92 Å². The van der Waals surface area contributed by atoms with Crippen molar-refractivity contribution < 1.29 is 9.84 Å². The number of anilines is 1. The van der Waals surface area contributed by atoms with Gasteiger partial charge >= 0.3 is 0 Å². The number of hydrogen-bond acceptors (Lipinski definition) is 7. The van der Waals surface area contributed by atoms with Crippen LogP contribution in [-0.2, 0) is 19.3 Å². The molecule has 0 bridgehead atoms. The highest BCUT2D eigenvalue weighted by molar-refractivity contribution is 7.19. The fourth-order valence-corrected chi connectivity index (χ4v) is 4.77. The van der Waals surface area contributed by atoms with Gasteiger partial charge in [0, 0.05) is 11.3 Å². The lowest BCUT2D eigenvalue weighted by atomic mass is 9.97. The Morgan fingerprint density at radius 3 is 2.93 bits per heavy atom. The third-order valence-corrected chi connectivity index (χ3v) is 6.03. The molecule has 7 heteroatoms. The van der Waals surface area contributed by atoms with Gasteiger partial charge in [-0.05, 0) is 61.9 Å². The van der Waals surface area contributed by atoms with E-state index < -0.39 is 0 Å². The van der Waals surface area contributed by atoms with E-state index in [1.54, 1.807) is 35.8 Å². The van der Waals surface area contributed by atoms with Crippen LogP contribution in [0.5, 0.6) is 11.5 Å². The fourth-order valence-electron chi connectivity index (χ4n) is 3.49. The number of phenols is 1. The number of phenolic OH excluding ortho intramolecular Hbond substituents is 1. The Morgan fingerprint density at radius 1 is 1.25 bits per heavy atom. The van der Waals surface area contributed by atoms with Crippen LogP contribution < -0.4 is 10.2 Å². The molecule has 28 heavy (non-hydrogen) atoms. The molecule has 2 N–H and O–H groups in total. The molecule has 1 aliphatic carbocycles. The number of thiophene rings is 1. The first-order valence-electron chi connectivity index (χ1n) is 9.75. The van der Waals surface area contributed by atoms with Crippen molar-refractivity contribution in [2.45, 2.75) is 46.0 Å². The monoisotopic (exact) mass is 396 g/mol. The molecule has 0 saturated carbocycles. The minimum atomic E-state index is 0.127. The molecule has 0 spiro atoms. The number of rotatable bonds is 6. The van der Waals surface area contributed by atoms with E-state index in [2.05, 4.69) is 17.5 Å². The molecule has 0 atom stereocenters. The summed E-state index contributed by atoms with van der Waals surface area (Å²) in [6, 6.07) is 5.17. The Morgan fingerprint density at radius 2 is 2.11 bits per heavy atom. The van der Waals surface area contributed by atoms with E-state index >= 15 is 0 Å². The van der Waals surface area contributed by atoms with Crippen LogP contribution in [0.25, 0.3) is 10.2 Å². The Hall–Kier alpha value is -2.67. The van der Waals surface area contributed by atoms with Gasteiger partial charge in [-0.3, -0.25) is 5.43 Å². The number of fused-ring (bicyclic) bond motifs is 3. The van der Waals surface area contributed by atoms with Gasteiger partial charge in [0.2, 0.25) is 0 Å². The Labute approximate surface area is 168 Å². The maximum atomic E-state index is 9.83. The lowest BCUT2D eigenvalue weighted by Gasteiger charge is -2.11. The number of aromatic nitrogens is 2. The van der Waals surface area contributed by atoms with Gasteiger partial charge in [0.25, 0.3) is 0 Å². The number of hydrogen-bond donors (Lipinski definition) is 2. The second-order valence-corrected chi connectivity index (χ2v) is 7.85. The molecule has 0 saturated heterocycles. The summed E-state index contributed by atoms with van der Waals surface area (Å²) < 4.78 is 5.43. The molecule has 3 aromatic rings. The first-order valence-corrected chi connectivity index (χ1v) is 10.6. The minimum Gasteiger partial charge on any atom is -0.504 e. The number of aromatic hydroxyl groups is 1. The summed E-state index contributed by atoms with van der Waals surface area (Å²) in [4.78, 5) is 11.9. The number of ether oxygens (including phenoxy) is 1. The first kappa shape index (κ1) is 18.7. The molecule has 0 amide bonds. The number of nitrogens with one attached hydrogen (secondary N) is 1. The van der Waals surface area contributed by atoms with E-state index in [1.165, 1.54) is 23.3 Å². The van der Waals surface area contributed by atoms with Crippen LogP contribution in [0.3, 0.4) is 0 Å². The second kappa shape index (κ2) is 8.14. The highest BCUT2D eigenvalue weighted by atomic mass is 32.1. The van der Waals surface area contributed by atoms with Gasteiger partial charge in [0.1, 0.15) is 10.7 Å². The summed E-state index contributed by atoms with van der Waals surface area (Å²) in [7, 11) is 0. The number of hydrazone groups is 1. The van der Waals surface area contributed by atoms with E-state index in [-0.39, 0.29) is 5.75 Å². The lowest BCUT2D eigenvalue weighted by molar-refractivity contribution is 0.318. The zero-order chi connectivity index (χ0) is 19.5. The largest absolute Gasteiger partial charge is 0.504 e. The Bertz CT molecular complexity index is 1030. The number of nitrogens with zero attached hydrogens (tertiary/aromatic N) is 3. The summed E-state index contributed by atoms with van der Waals surface area (Å²) in [5, 5.41) is 15.4. The topological polar surface area (TPSA) is 79.6 Å². The molecule has 0 aliphatic heterocycles. The molecule has 0 fully saturated rings. The molecule has 0 radical (unpaired) electrons. The molecule has 1 aliphatic rings. The van der Waals surface area contributed by atoms with Crippen molar-refractivity contribution in [1.29, 1.82) is 0 Å². The molecule has 6 nitrogen and oxygen atoms in total. The summed E-state index contributed by atoms with van der Waals surface area (Å²) in [5.41, 5.74) is 5.35. The van der Waals surface area contributed by atoms with Gasteiger partial charge in [-0.1, -0.05) is 6.92 Å². The third kappa shape index (κ3) is 3.67. The van der Waals surface area contributed by atoms with Gasteiger partial charge in [0.15, 0.2) is 17.3 Å². The van der Waals surface area contributed by atoms with Gasteiger partial charge < -0.3 is 9.84 Å². The Kier molecular flexibility index (Phi) is 5.43. The van der Waals surface area contributed by atoms with Crippen molar-refractivity contribution >= 4 is 33.6 Å². The summed E-state index contributed by atoms with van der Waals surface area (Å²) >= 11 is 1.79. The summed E-state index contributed by atoms with van der Waals surface area (Å²) in [5.74, 6) is 2.19. The van der Waals surface area contributed by atoms with Gasteiger partial charge in [-0.15, -0.1) is 11.3 Å². The molecule has 2 heterocycles. The van der Waals surface area contributed by atoms with Crippen LogP contribution in [0, 0.1) is 0 Å². The first-order chi connectivity index (χ1) is 13.7. The van der Waals surface area contributed by atoms with Crippen LogP contribution >= 0.6 is 11.3 Å². The highest BCUT2D eigenvalue weighted by Crippen LogP contribution is 2.38. The van der Waals surface area contributed by atoms with Crippen molar-refractivity contribution in [3.63, 3.8) is 0 Å². The average molecular weight is 397 g/mol. The molecule has 1 aromatic carbocycles. The predicted molar refractivity (Wildman–Crippen MR) is 114 cm³/mol. The van der Waals surface area contributed by atoms with Crippen LogP contribution in [-0.4, -0.2) is 27.9 Å². The maximum absolute atomic E-state index is 9.83. The molecule has 0 unspecified atom stereocenters. The van der Waals surface area contributed by atoms with Crippen molar-refractivity contribution in [3.8, 4) is 11.5 Å². The average Bonchev–Trinajstić information content (AvgIpc) is 3.09. The molecular formula is C21H24N4O2S. The van der Waals surface area contributed by atoms with E-state index in [9.17, 15) is 5.11 Å². The van der Waals surface area contributed by atoms with Gasteiger partial charge in [-0.25, -0.2) is 9.97 Å². The summed E-state index contributed by atoms with van der Waals surface area (Å²) in [6.07, 6.45) is 7.17. The standard InChI is InChI=1S/C21H24N4O2S/c1-3-18-23-20(19-14-7-5-6-8-17(14)28-21(19)24-18)25-22-12-13-9-10-15(26)16(11-13)27-4-2/h9-12,26H,3-8H2,1-2H3,(H,23,24,25)/b22-12+. The fraction of sp³-hybridized carbons (Fsp3) is 0.381. The SMILES string of the molecule is CCOc1cc(/C=N/Nc2nc(CC)nc3sc4c(c23)CCCC4)ccc1O. The van der Waals surface area contributed by atoms with Crippen LogP contribution in [0.15, 0.2) is 23.3 Å². The van der Waals surface area contributed by atoms with Crippen LogP contribution in [0.4, 0.5) is 5.82 Å². The quantitative estimate of drug-likeness (QED) is 0.467. The minimum absolute atomic E-state index is 0.127. The molecular weight excluding hydrogens is 372 g/mol. The number of benzene rings is 1. The number of aryl methyl sites for hydroxylation is 3. The Balaban J connectivity index is 1.65.